The number of amides is 2. The summed E-state index contributed by atoms with van der Waals surface area (Å²) in [6, 6.07) is 13.9. The maximum Gasteiger partial charge on any atom is 0.270 e. The highest BCUT2D eigenvalue weighted by Crippen LogP contribution is 2.36. The molecule has 0 spiro atoms. The van der Waals surface area contributed by atoms with Gasteiger partial charge in [0.25, 0.3) is 11.8 Å². The average Bonchev–Trinajstić information content (AvgIpc) is 2.88. The summed E-state index contributed by atoms with van der Waals surface area (Å²) in [4.78, 5) is 25.4. The molecular formula is C18H13ClN2O3S2. The summed E-state index contributed by atoms with van der Waals surface area (Å²) in [7, 11) is 0. The van der Waals surface area contributed by atoms with Crippen LogP contribution in [0.2, 0.25) is 5.02 Å². The van der Waals surface area contributed by atoms with Crippen molar-refractivity contribution in [2.45, 2.75) is 0 Å². The molecule has 1 saturated heterocycles. The highest BCUT2D eigenvalue weighted by molar-refractivity contribution is 8.27. The van der Waals surface area contributed by atoms with Gasteiger partial charge >= 0.3 is 0 Å². The van der Waals surface area contributed by atoms with Gasteiger partial charge in [0.2, 0.25) is 0 Å². The van der Waals surface area contributed by atoms with Crippen molar-refractivity contribution < 1.29 is 14.3 Å². The molecule has 0 aliphatic carbocycles. The summed E-state index contributed by atoms with van der Waals surface area (Å²) in [5.74, 6) is -0.220. The molecule has 0 saturated carbocycles. The van der Waals surface area contributed by atoms with Gasteiger partial charge in [0.05, 0.1) is 10.6 Å². The van der Waals surface area contributed by atoms with Gasteiger partial charge < -0.3 is 10.5 Å². The van der Waals surface area contributed by atoms with E-state index in [1.807, 2.05) is 0 Å². The van der Waals surface area contributed by atoms with Gasteiger partial charge in [0.15, 0.2) is 10.9 Å². The standard InChI is InChI=1S/C18H13ClN2O3S2/c19-12-2-1-3-13(9-12)21-17(23)15(26-18(21)25)8-11-4-6-14(7-5-11)24-10-16(20)22/h1-9H,10H2,(H2,20,22)/b15-8-. The molecule has 2 aromatic rings. The number of ether oxygens (including phenoxy) is 1. The first kappa shape index (κ1) is 18.4. The number of anilines is 1. The molecule has 0 aromatic heterocycles. The largest absolute Gasteiger partial charge is 0.484 e. The first-order valence-corrected chi connectivity index (χ1v) is 9.09. The van der Waals surface area contributed by atoms with Crippen molar-refractivity contribution in [3.8, 4) is 5.75 Å². The van der Waals surface area contributed by atoms with Crippen LogP contribution in [0.25, 0.3) is 6.08 Å². The Hall–Kier alpha value is -2.35. The van der Waals surface area contributed by atoms with Crippen molar-refractivity contribution in [2.75, 3.05) is 11.5 Å². The Kier molecular flexibility index (Phi) is 5.61. The van der Waals surface area contributed by atoms with E-state index in [2.05, 4.69) is 0 Å². The molecule has 1 aliphatic heterocycles. The summed E-state index contributed by atoms with van der Waals surface area (Å²) in [5, 5.41) is 0.534. The van der Waals surface area contributed by atoms with Crippen LogP contribution in [0.4, 0.5) is 5.69 Å². The third-order valence-electron chi connectivity index (χ3n) is 3.42. The highest BCUT2D eigenvalue weighted by atomic mass is 35.5. The van der Waals surface area contributed by atoms with E-state index in [1.54, 1.807) is 54.6 Å². The first-order valence-electron chi connectivity index (χ1n) is 7.49. The van der Waals surface area contributed by atoms with Crippen molar-refractivity contribution in [3.63, 3.8) is 0 Å². The smallest absolute Gasteiger partial charge is 0.270 e. The molecule has 0 atom stereocenters. The molecular weight excluding hydrogens is 392 g/mol. The molecule has 0 radical (unpaired) electrons. The van der Waals surface area contributed by atoms with Gasteiger partial charge in [-0.1, -0.05) is 53.8 Å². The summed E-state index contributed by atoms with van der Waals surface area (Å²) in [6.45, 7) is -0.183. The van der Waals surface area contributed by atoms with Crippen LogP contribution in [0.15, 0.2) is 53.4 Å². The zero-order chi connectivity index (χ0) is 18.7. The van der Waals surface area contributed by atoms with Crippen LogP contribution in [0.5, 0.6) is 5.75 Å². The number of thiocarbonyl (C=S) groups is 1. The number of halogens is 1. The number of hydrogen-bond acceptors (Lipinski definition) is 5. The van der Waals surface area contributed by atoms with E-state index in [0.29, 0.717) is 25.7 Å². The quantitative estimate of drug-likeness (QED) is 0.608. The summed E-state index contributed by atoms with van der Waals surface area (Å²) < 4.78 is 5.66. The summed E-state index contributed by atoms with van der Waals surface area (Å²) in [5.41, 5.74) is 6.48. The molecule has 26 heavy (non-hydrogen) atoms. The van der Waals surface area contributed by atoms with E-state index in [9.17, 15) is 9.59 Å². The van der Waals surface area contributed by atoms with Crippen LogP contribution in [0.1, 0.15) is 5.56 Å². The maximum absolute atomic E-state index is 12.7. The van der Waals surface area contributed by atoms with E-state index in [0.717, 1.165) is 5.56 Å². The monoisotopic (exact) mass is 404 g/mol. The highest BCUT2D eigenvalue weighted by Gasteiger charge is 2.33. The van der Waals surface area contributed by atoms with Gasteiger partial charge in [-0.3, -0.25) is 14.5 Å². The molecule has 0 bridgehead atoms. The van der Waals surface area contributed by atoms with E-state index >= 15 is 0 Å². The van der Waals surface area contributed by atoms with E-state index in [1.165, 1.54) is 16.7 Å². The number of nitrogens with two attached hydrogens (primary N) is 1. The fourth-order valence-electron chi connectivity index (χ4n) is 2.27. The van der Waals surface area contributed by atoms with Crippen molar-refractivity contribution >= 4 is 63.5 Å². The Morgan fingerprint density at radius 1 is 1.27 bits per heavy atom. The number of benzene rings is 2. The zero-order valence-corrected chi connectivity index (χ0v) is 15.7. The van der Waals surface area contributed by atoms with E-state index in [-0.39, 0.29) is 12.5 Å². The van der Waals surface area contributed by atoms with Crippen molar-refractivity contribution in [1.29, 1.82) is 0 Å². The van der Waals surface area contributed by atoms with Gasteiger partial charge in [0, 0.05) is 5.02 Å². The van der Waals surface area contributed by atoms with Crippen molar-refractivity contribution in [3.05, 3.63) is 64.0 Å². The molecule has 8 heteroatoms. The fraction of sp³-hybridized carbons (Fsp3) is 0.0556. The SMILES string of the molecule is NC(=O)COc1ccc(/C=C2\SC(=S)N(c3cccc(Cl)c3)C2=O)cc1. The summed E-state index contributed by atoms with van der Waals surface area (Å²) in [6.07, 6.45) is 1.75. The molecule has 3 rings (SSSR count). The second-order valence-electron chi connectivity index (χ2n) is 5.32. The number of rotatable bonds is 5. The maximum atomic E-state index is 12.7. The zero-order valence-electron chi connectivity index (χ0n) is 13.3. The lowest BCUT2D eigenvalue weighted by molar-refractivity contribution is -0.120. The third-order valence-corrected chi connectivity index (χ3v) is 4.96. The molecule has 5 nitrogen and oxygen atoms in total. The molecule has 132 valence electrons. The van der Waals surface area contributed by atoms with Crippen LogP contribution < -0.4 is 15.4 Å². The topological polar surface area (TPSA) is 72.6 Å². The number of hydrogen-bond donors (Lipinski definition) is 1. The molecule has 0 unspecified atom stereocenters. The molecule has 2 aromatic carbocycles. The molecule has 1 aliphatic rings. The minimum absolute atomic E-state index is 0.183. The Labute approximate surface area is 164 Å². The van der Waals surface area contributed by atoms with Gasteiger partial charge in [-0.25, -0.2) is 0 Å². The average molecular weight is 405 g/mol. The van der Waals surface area contributed by atoms with Crippen LogP contribution in [0, 0.1) is 0 Å². The predicted molar refractivity (Wildman–Crippen MR) is 108 cm³/mol. The third kappa shape index (κ3) is 4.24. The fourth-order valence-corrected chi connectivity index (χ4v) is 3.76. The molecule has 2 N–H and O–H groups in total. The minimum Gasteiger partial charge on any atom is -0.484 e. The van der Waals surface area contributed by atoms with Gasteiger partial charge in [0.1, 0.15) is 5.75 Å². The summed E-state index contributed by atoms with van der Waals surface area (Å²) >= 11 is 12.6. The Morgan fingerprint density at radius 2 is 2.00 bits per heavy atom. The molecule has 2 amide bonds. The van der Waals surface area contributed by atoms with Crippen molar-refractivity contribution in [1.82, 2.24) is 0 Å². The van der Waals surface area contributed by atoms with Gasteiger partial charge in [-0.05, 0) is 42.0 Å². The first-order chi connectivity index (χ1) is 12.4. The van der Waals surface area contributed by atoms with Crippen LogP contribution in [-0.4, -0.2) is 22.7 Å². The van der Waals surface area contributed by atoms with E-state index < -0.39 is 5.91 Å². The minimum atomic E-state index is -0.543. The van der Waals surface area contributed by atoms with E-state index in [4.69, 9.17) is 34.3 Å². The number of carbonyl (C=O) groups excluding carboxylic acids is 2. The number of nitrogens with zero attached hydrogens (tertiary/aromatic N) is 1. The molecule has 1 fully saturated rings. The Bertz CT molecular complexity index is 913. The number of primary amides is 1. The lowest BCUT2D eigenvalue weighted by atomic mass is 10.2. The molecule has 1 heterocycles. The van der Waals surface area contributed by atoms with Gasteiger partial charge in [-0.15, -0.1) is 0 Å². The Morgan fingerprint density at radius 3 is 2.65 bits per heavy atom. The second-order valence-corrected chi connectivity index (χ2v) is 7.43. The lowest BCUT2D eigenvalue weighted by Crippen LogP contribution is -2.27. The second kappa shape index (κ2) is 7.90. The predicted octanol–water partition coefficient (Wildman–Crippen LogP) is 3.61. The Balaban J connectivity index is 1.78. The van der Waals surface area contributed by atoms with Crippen LogP contribution >= 0.6 is 35.6 Å². The number of carbonyl (C=O) groups is 2. The van der Waals surface area contributed by atoms with Crippen molar-refractivity contribution in [2.24, 2.45) is 5.73 Å². The van der Waals surface area contributed by atoms with Crippen LogP contribution in [0.3, 0.4) is 0 Å². The van der Waals surface area contributed by atoms with Crippen LogP contribution in [-0.2, 0) is 9.59 Å². The normalized spacial score (nSPS) is 15.6. The van der Waals surface area contributed by atoms with Gasteiger partial charge in [-0.2, -0.15) is 0 Å². The number of thioether (sulfide) groups is 1. The lowest BCUT2D eigenvalue weighted by Gasteiger charge is -2.14.